The van der Waals surface area contributed by atoms with Crippen LogP contribution in [0.5, 0.6) is 0 Å². The molecule has 1 aliphatic rings. The van der Waals surface area contributed by atoms with Crippen molar-refractivity contribution in [3.63, 3.8) is 0 Å². The van der Waals surface area contributed by atoms with E-state index in [-0.39, 0.29) is 5.91 Å². The van der Waals surface area contributed by atoms with Crippen molar-refractivity contribution < 1.29 is 9.53 Å². The third-order valence-electron chi connectivity index (χ3n) is 2.76. The molecule has 2 N–H and O–H groups in total. The number of pyridine rings is 1. The fraction of sp³-hybridized carbons (Fsp3) is 0.500. The van der Waals surface area contributed by atoms with Crippen molar-refractivity contribution in [3.8, 4) is 0 Å². The number of hydrogen-bond donors (Lipinski definition) is 2. The predicted octanol–water partition coefficient (Wildman–Crippen LogP) is 0.0745. The van der Waals surface area contributed by atoms with E-state index in [0.717, 1.165) is 12.2 Å². The molecule has 1 amide bonds. The molecule has 1 aromatic rings. The molecule has 6 nitrogen and oxygen atoms in total. The molecule has 2 heterocycles. The Morgan fingerprint density at radius 2 is 2.44 bits per heavy atom. The van der Waals surface area contributed by atoms with Crippen LogP contribution in [0, 0.1) is 0 Å². The Balaban J connectivity index is 2.06. The number of anilines is 2. The van der Waals surface area contributed by atoms with Gasteiger partial charge in [-0.2, -0.15) is 0 Å². The molecular formula is C12H18N4O2. The van der Waals surface area contributed by atoms with Crippen LogP contribution in [0.2, 0.25) is 0 Å². The van der Waals surface area contributed by atoms with Crippen molar-refractivity contribution in [2.45, 2.75) is 6.10 Å². The topological polar surface area (TPSA) is 66.5 Å². The Kier molecular flexibility index (Phi) is 4.11. The normalized spacial score (nSPS) is 19.3. The Morgan fingerprint density at radius 3 is 3.11 bits per heavy atom. The van der Waals surface area contributed by atoms with Crippen molar-refractivity contribution in [1.29, 1.82) is 0 Å². The second-order valence-corrected chi connectivity index (χ2v) is 4.34. The van der Waals surface area contributed by atoms with Crippen LogP contribution < -0.4 is 15.5 Å². The van der Waals surface area contributed by atoms with Gasteiger partial charge < -0.3 is 20.3 Å². The van der Waals surface area contributed by atoms with Gasteiger partial charge in [-0.25, -0.2) is 0 Å². The maximum absolute atomic E-state index is 12.0. The van der Waals surface area contributed by atoms with Gasteiger partial charge in [0, 0.05) is 33.4 Å². The molecule has 1 saturated heterocycles. The highest BCUT2D eigenvalue weighted by atomic mass is 16.5. The lowest BCUT2D eigenvalue weighted by Crippen LogP contribution is -2.45. The van der Waals surface area contributed by atoms with E-state index >= 15 is 0 Å². The van der Waals surface area contributed by atoms with Gasteiger partial charge in [0.15, 0.2) is 0 Å². The summed E-state index contributed by atoms with van der Waals surface area (Å²) < 4.78 is 5.40. The fourth-order valence-corrected chi connectivity index (χ4v) is 1.82. The molecule has 6 heteroatoms. The SMILES string of the molecule is CN(C)c1ccncc1NC(=O)C1CNCCO1. The molecule has 0 aliphatic carbocycles. The van der Waals surface area contributed by atoms with Crippen LogP contribution in [-0.2, 0) is 9.53 Å². The zero-order chi connectivity index (χ0) is 13.0. The van der Waals surface area contributed by atoms with Crippen LogP contribution in [0.1, 0.15) is 0 Å². The standard InChI is InChI=1S/C12H18N4O2/c1-16(2)10-3-4-13-7-9(10)15-12(17)11-8-14-5-6-18-11/h3-4,7,11,14H,5-6,8H2,1-2H3,(H,15,17). The minimum Gasteiger partial charge on any atom is -0.376 e. The number of nitrogens with zero attached hydrogens (tertiary/aromatic N) is 2. The van der Waals surface area contributed by atoms with Gasteiger partial charge in [-0.1, -0.05) is 0 Å². The third-order valence-corrected chi connectivity index (χ3v) is 2.76. The largest absolute Gasteiger partial charge is 0.376 e. The summed E-state index contributed by atoms with van der Waals surface area (Å²) in [4.78, 5) is 18.0. The van der Waals surface area contributed by atoms with Crippen molar-refractivity contribution in [3.05, 3.63) is 18.5 Å². The summed E-state index contributed by atoms with van der Waals surface area (Å²) in [5.41, 5.74) is 1.61. The van der Waals surface area contributed by atoms with E-state index in [4.69, 9.17) is 4.74 Å². The lowest BCUT2D eigenvalue weighted by Gasteiger charge is -2.24. The summed E-state index contributed by atoms with van der Waals surface area (Å²) in [5, 5.41) is 5.98. The Morgan fingerprint density at radius 1 is 1.61 bits per heavy atom. The van der Waals surface area contributed by atoms with Crippen LogP contribution in [-0.4, -0.2) is 50.8 Å². The monoisotopic (exact) mass is 250 g/mol. The molecule has 1 unspecified atom stereocenters. The summed E-state index contributed by atoms with van der Waals surface area (Å²) in [6, 6.07) is 1.86. The van der Waals surface area contributed by atoms with E-state index in [1.54, 1.807) is 12.4 Å². The smallest absolute Gasteiger partial charge is 0.254 e. The summed E-state index contributed by atoms with van der Waals surface area (Å²) >= 11 is 0. The van der Waals surface area contributed by atoms with Gasteiger partial charge in [0.2, 0.25) is 0 Å². The molecule has 0 spiro atoms. The molecule has 0 saturated carbocycles. The highest BCUT2D eigenvalue weighted by Gasteiger charge is 2.22. The number of amides is 1. The summed E-state index contributed by atoms with van der Waals surface area (Å²) in [7, 11) is 3.84. The lowest BCUT2D eigenvalue weighted by atomic mass is 10.2. The van der Waals surface area contributed by atoms with Crippen LogP contribution in [0.3, 0.4) is 0 Å². The maximum Gasteiger partial charge on any atom is 0.254 e. The first-order valence-electron chi connectivity index (χ1n) is 5.93. The number of carbonyl (C=O) groups is 1. The second-order valence-electron chi connectivity index (χ2n) is 4.34. The zero-order valence-electron chi connectivity index (χ0n) is 10.6. The van der Waals surface area contributed by atoms with Crippen molar-refractivity contribution in [2.75, 3.05) is 44.0 Å². The molecule has 18 heavy (non-hydrogen) atoms. The summed E-state index contributed by atoms with van der Waals surface area (Å²) in [6.45, 7) is 1.90. The molecule has 98 valence electrons. The average Bonchev–Trinajstić information content (AvgIpc) is 2.40. The second kappa shape index (κ2) is 5.79. The number of aromatic nitrogens is 1. The third kappa shape index (κ3) is 2.96. The molecule has 1 atom stereocenters. The number of hydrogen-bond acceptors (Lipinski definition) is 5. The van der Waals surface area contributed by atoms with Crippen molar-refractivity contribution in [1.82, 2.24) is 10.3 Å². The molecule has 1 fully saturated rings. The average molecular weight is 250 g/mol. The zero-order valence-corrected chi connectivity index (χ0v) is 10.6. The quantitative estimate of drug-likeness (QED) is 0.795. The number of nitrogens with one attached hydrogen (secondary N) is 2. The Hall–Kier alpha value is -1.66. The van der Waals surface area contributed by atoms with Crippen LogP contribution in [0.15, 0.2) is 18.5 Å². The van der Waals surface area contributed by atoms with Gasteiger partial charge in [0.05, 0.1) is 24.2 Å². The minimum absolute atomic E-state index is 0.140. The van der Waals surface area contributed by atoms with E-state index < -0.39 is 6.10 Å². The van der Waals surface area contributed by atoms with E-state index in [1.165, 1.54) is 0 Å². The first-order chi connectivity index (χ1) is 8.68. The van der Waals surface area contributed by atoms with Gasteiger partial charge in [0.1, 0.15) is 6.10 Å². The van der Waals surface area contributed by atoms with Crippen LogP contribution in [0.4, 0.5) is 11.4 Å². The Bertz CT molecular complexity index is 416. The number of rotatable bonds is 3. The molecule has 0 radical (unpaired) electrons. The van der Waals surface area contributed by atoms with E-state index in [0.29, 0.717) is 18.8 Å². The molecule has 2 rings (SSSR count). The van der Waals surface area contributed by atoms with Gasteiger partial charge in [0.25, 0.3) is 5.91 Å². The van der Waals surface area contributed by atoms with E-state index in [9.17, 15) is 4.79 Å². The Labute approximate surface area is 106 Å². The minimum atomic E-state index is -0.436. The molecule has 1 aromatic heterocycles. The van der Waals surface area contributed by atoms with E-state index in [2.05, 4.69) is 15.6 Å². The maximum atomic E-state index is 12.0. The highest BCUT2D eigenvalue weighted by molar-refractivity contribution is 5.97. The molecule has 0 bridgehead atoms. The molecule has 1 aliphatic heterocycles. The summed E-state index contributed by atoms with van der Waals surface area (Å²) in [5.74, 6) is -0.140. The predicted molar refractivity (Wildman–Crippen MR) is 69.8 cm³/mol. The van der Waals surface area contributed by atoms with Gasteiger partial charge in [-0.3, -0.25) is 9.78 Å². The van der Waals surface area contributed by atoms with Crippen molar-refractivity contribution in [2.24, 2.45) is 0 Å². The number of ether oxygens (including phenoxy) is 1. The lowest BCUT2D eigenvalue weighted by molar-refractivity contribution is -0.128. The van der Waals surface area contributed by atoms with Crippen LogP contribution in [0.25, 0.3) is 0 Å². The first-order valence-corrected chi connectivity index (χ1v) is 5.93. The fourth-order valence-electron chi connectivity index (χ4n) is 1.82. The van der Waals surface area contributed by atoms with Gasteiger partial charge in [-0.05, 0) is 6.07 Å². The highest BCUT2D eigenvalue weighted by Crippen LogP contribution is 2.22. The molecular weight excluding hydrogens is 232 g/mol. The summed E-state index contributed by atoms with van der Waals surface area (Å²) in [6.07, 6.45) is 2.90. The van der Waals surface area contributed by atoms with Gasteiger partial charge in [-0.15, -0.1) is 0 Å². The van der Waals surface area contributed by atoms with Crippen molar-refractivity contribution >= 4 is 17.3 Å². The first kappa shape index (κ1) is 12.8. The van der Waals surface area contributed by atoms with Gasteiger partial charge >= 0.3 is 0 Å². The molecule has 0 aromatic carbocycles. The number of carbonyl (C=O) groups excluding carboxylic acids is 1. The number of morpholine rings is 1. The van der Waals surface area contributed by atoms with E-state index in [1.807, 2.05) is 25.1 Å². The van der Waals surface area contributed by atoms with Crippen LogP contribution >= 0.6 is 0 Å².